The molecular formula is C8H12O4. The Hall–Kier alpha value is -1.06. The molecule has 0 aromatic carbocycles. The van der Waals surface area contributed by atoms with Crippen molar-refractivity contribution in [2.75, 3.05) is 6.61 Å². The fourth-order valence-corrected chi connectivity index (χ4v) is 1.25. The molecule has 0 saturated heterocycles. The fourth-order valence-electron chi connectivity index (χ4n) is 1.25. The van der Waals surface area contributed by atoms with E-state index in [2.05, 4.69) is 0 Å². The Bertz CT molecular complexity index is 223. The van der Waals surface area contributed by atoms with Crippen molar-refractivity contribution < 1.29 is 19.4 Å². The van der Waals surface area contributed by atoms with Gasteiger partial charge in [-0.15, -0.1) is 0 Å². The van der Waals surface area contributed by atoms with Crippen molar-refractivity contribution in [2.45, 2.75) is 20.3 Å². The van der Waals surface area contributed by atoms with Crippen molar-refractivity contribution in [1.29, 1.82) is 0 Å². The number of hydrogen-bond donors (Lipinski definition) is 1. The highest BCUT2D eigenvalue weighted by Gasteiger charge is 2.61. The smallest absolute Gasteiger partial charge is 0.312 e. The molecule has 2 atom stereocenters. The number of carboxylic acid groups (broad SMARTS) is 1. The molecule has 0 unspecified atom stereocenters. The Kier molecular flexibility index (Phi) is 2.08. The first kappa shape index (κ1) is 9.03. The molecule has 0 aliphatic heterocycles. The first-order chi connectivity index (χ1) is 5.52. The van der Waals surface area contributed by atoms with Crippen molar-refractivity contribution in [2.24, 2.45) is 11.3 Å². The van der Waals surface area contributed by atoms with Crippen LogP contribution in [0.4, 0.5) is 0 Å². The minimum absolute atomic E-state index is 0.306. The summed E-state index contributed by atoms with van der Waals surface area (Å²) in [6.07, 6.45) is 0.404. The van der Waals surface area contributed by atoms with E-state index in [0.717, 1.165) is 0 Å². The zero-order valence-electron chi connectivity index (χ0n) is 7.16. The molecule has 4 nitrogen and oxygen atoms in total. The van der Waals surface area contributed by atoms with Crippen LogP contribution < -0.4 is 0 Å². The quantitative estimate of drug-likeness (QED) is 0.635. The van der Waals surface area contributed by atoms with Crippen molar-refractivity contribution in [3.05, 3.63) is 0 Å². The van der Waals surface area contributed by atoms with Crippen LogP contribution in [0.5, 0.6) is 0 Å². The second-order valence-corrected chi connectivity index (χ2v) is 3.23. The van der Waals surface area contributed by atoms with Crippen LogP contribution in [0, 0.1) is 11.3 Å². The molecule has 1 fully saturated rings. The summed E-state index contributed by atoms with van der Waals surface area (Å²) < 4.78 is 4.75. The number of hydrogen-bond acceptors (Lipinski definition) is 3. The van der Waals surface area contributed by atoms with E-state index in [9.17, 15) is 9.59 Å². The minimum Gasteiger partial charge on any atom is -0.481 e. The Balaban J connectivity index is 2.54. The maximum absolute atomic E-state index is 11.2. The zero-order valence-corrected chi connectivity index (χ0v) is 7.16. The molecule has 0 aromatic heterocycles. The van der Waals surface area contributed by atoms with Crippen molar-refractivity contribution in [1.82, 2.24) is 0 Å². The first-order valence-corrected chi connectivity index (χ1v) is 3.92. The van der Waals surface area contributed by atoms with Gasteiger partial charge in [-0.1, -0.05) is 0 Å². The van der Waals surface area contributed by atoms with Gasteiger partial charge in [0, 0.05) is 0 Å². The van der Waals surface area contributed by atoms with Crippen LogP contribution in [0.15, 0.2) is 0 Å². The summed E-state index contributed by atoms with van der Waals surface area (Å²) in [4.78, 5) is 21.6. The molecule has 1 N–H and O–H groups in total. The maximum Gasteiger partial charge on any atom is 0.312 e. The summed E-state index contributed by atoms with van der Waals surface area (Å²) in [5.41, 5.74) is -0.762. The van der Waals surface area contributed by atoms with Gasteiger partial charge in [0.1, 0.15) is 0 Å². The zero-order chi connectivity index (χ0) is 9.35. The highest BCUT2D eigenvalue weighted by atomic mass is 16.5. The van der Waals surface area contributed by atoms with E-state index in [0.29, 0.717) is 13.0 Å². The average Bonchev–Trinajstić information content (AvgIpc) is 2.65. The van der Waals surface area contributed by atoms with Crippen LogP contribution in [0.25, 0.3) is 0 Å². The maximum atomic E-state index is 11.2. The number of ether oxygens (including phenoxy) is 1. The molecule has 0 amide bonds. The molecule has 0 bridgehead atoms. The van der Waals surface area contributed by atoms with Crippen LogP contribution in [-0.2, 0) is 14.3 Å². The Labute approximate surface area is 70.5 Å². The summed E-state index contributed by atoms with van der Waals surface area (Å²) in [7, 11) is 0. The average molecular weight is 172 g/mol. The van der Waals surface area contributed by atoms with Crippen LogP contribution in [0.3, 0.4) is 0 Å². The number of carboxylic acids is 1. The van der Waals surface area contributed by atoms with E-state index in [1.807, 2.05) is 0 Å². The van der Waals surface area contributed by atoms with Gasteiger partial charge in [-0.25, -0.2) is 0 Å². The molecule has 1 aliphatic rings. The first-order valence-electron chi connectivity index (χ1n) is 3.92. The lowest BCUT2D eigenvalue weighted by atomic mass is 10.1. The normalized spacial score (nSPS) is 32.7. The number of carbonyl (C=O) groups excluding carboxylic acids is 1. The molecule has 68 valence electrons. The number of esters is 1. The van der Waals surface area contributed by atoms with Gasteiger partial charge in [0.25, 0.3) is 0 Å². The van der Waals surface area contributed by atoms with Crippen molar-refractivity contribution in [3.8, 4) is 0 Å². The predicted molar refractivity (Wildman–Crippen MR) is 40.5 cm³/mol. The van der Waals surface area contributed by atoms with Gasteiger partial charge in [0.05, 0.1) is 17.9 Å². The van der Waals surface area contributed by atoms with Crippen LogP contribution in [0.2, 0.25) is 0 Å². The third-order valence-electron chi connectivity index (χ3n) is 2.28. The standard InChI is InChI=1S/C8H12O4/c1-3-12-7(11)8(2)4-5(8)6(9)10/h5H,3-4H2,1-2H3,(H,9,10)/t5-,8+/m1/s1. The highest BCUT2D eigenvalue weighted by molar-refractivity contribution is 5.89. The van der Waals surface area contributed by atoms with Gasteiger partial charge in [0.15, 0.2) is 0 Å². The van der Waals surface area contributed by atoms with Gasteiger partial charge in [0.2, 0.25) is 0 Å². The van der Waals surface area contributed by atoms with E-state index in [4.69, 9.17) is 9.84 Å². The SMILES string of the molecule is CCOC(=O)[C@@]1(C)C[C@@H]1C(=O)O. The van der Waals surface area contributed by atoms with Crippen LogP contribution >= 0.6 is 0 Å². The monoisotopic (exact) mass is 172 g/mol. The second-order valence-electron chi connectivity index (χ2n) is 3.23. The van der Waals surface area contributed by atoms with Gasteiger partial charge in [-0.05, 0) is 20.3 Å². The minimum atomic E-state index is -0.912. The molecule has 1 aliphatic carbocycles. The van der Waals surface area contributed by atoms with Gasteiger partial charge in [-0.3, -0.25) is 9.59 Å². The molecule has 4 heteroatoms. The summed E-state index contributed by atoms with van der Waals surface area (Å²) >= 11 is 0. The Morgan fingerprint density at radius 3 is 2.58 bits per heavy atom. The third kappa shape index (κ3) is 1.29. The van der Waals surface area contributed by atoms with Gasteiger partial charge in [-0.2, -0.15) is 0 Å². The fraction of sp³-hybridized carbons (Fsp3) is 0.750. The molecule has 0 radical (unpaired) electrons. The molecule has 1 rings (SSSR count). The van der Waals surface area contributed by atoms with E-state index in [1.165, 1.54) is 0 Å². The lowest BCUT2D eigenvalue weighted by molar-refractivity contribution is -0.152. The molecule has 1 saturated carbocycles. The number of carbonyl (C=O) groups is 2. The third-order valence-corrected chi connectivity index (χ3v) is 2.28. The van der Waals surface area contributed by atoms with Crippen molar-refractivity contribution >= 4 is 11.9 Å². The Morgan fingerprint density at radius 1 is 1.67 bits per heavy atom. The lowest BCUT2D eigenvalue weighted by Gasteiger charge is -2.07. The largest absolute Gasteiger partial charge is 0.481 e. The van der Waals surface area contributed by atoms with Crippen LogP contribution in [0.1, 0.15) is 20.3 Å². The van der Waals surface area contributed by atoms with E-state index >= 15 is 0 Å². The summed E-state index contributed by atoms with van der Waals surface area (Å²) in [6.45, 7) is 3.64. The Morgan fingerprint density at radius 2 is 2.25 bits per heavy atom. The predicted octanol–water partition coefficient (Wildman–Crippen LogP) is 0.660. The molecule has 0 aromatic rings. The summed E-state index contributed by atoms with van der Waals surface area (Å²) in [5, 5.41) is 8.60. The summed E-state index contributed by atoms with van der Waals surface area (Å²) in [6, 6.07) is 0. The van der Waals surface area contributed by atoms with E-state index in [1.54, 1.807) is 13.8 Å². The van der Waals surface area contributed by atoms with Crippen LogP contribution in [-0.4, -0.2) is 23.7 Å². The van der Waals surface area contributed by atoms with Gasteiger partial charge < -0.3 is 9.84 Å². The highest BCUT2D eigenvalue weighted by Crippen LogP contribution is 2.53. The molecule has 0 heterocycles. The molecular weight excluding hydrogens is 160 g/mol. The second kappa shape index (κ2) is 2.77. The number of aliphatic carboxylic acids is 1. The van der Waals surface area contributed by atoms with E-state index < -0.39 is 23.3 Å². The van der Waals surface area contributed by atoms with Gasteiger partial charge >= 0.3 is 11.9 Å². The molecule has 12 heavy (non-hydrogen) atoms. The number of rotatable bonds is 3. The molecule has 0 spiro atoms. The lowest BCUT2D eigenvalue weighted by Crippen LogP contribution is -2.20. The topological polar surface area (TPSA) is 63.6 Å². The van der Waals surface area contributed by atoms with Crippen molar-refractivity contribution in [3.63, 3.8) is 0 Å². The summed E-state index contributed by atoms with van der Waals surface area (Å²) in [5.74, 6) is -1.85. The van der Waals surface area contributed by atoms with E-state index in [-0.39, 0.29) is 0 Å².